The normalized spacial score (nSPS) is 10.7. The maximum absolute atomic E-state index is 12.2. The van der Waals surface area contributed by atoms with E-state index < -0.39 is 5.91 Å². The predicted molar refractivity (Wildman–Crippen MR) is 131 cm³/mol. The summed E-state index contributed by atoms with van der Waals surface area (Å²) in [5, 5.41) is 13.8. The second-order valence-corrected chi connectivity index (χ2v) is 7.47. The zero-order valence-corrected chi connectivity index (χ0v) is 18.4. The molecule has 0 radical (unpaired) electrons. The zero-order valence-electron chi connectivity index (χ0n) is 18.4. The Bertz CT molecular complexity index is 1260. The molecule has 0 spiro atoms. The van der Waals surface area contributed by atoms with Crippen molar-refractivity contribution in [3.8, 4) is 17.2 Å². The van der Waals surface area contributed by atoms with Crippen LogP contribution >= 0.6 is 0 Å². The van der Waals surface area contributed by atoms with E-state index in [1.807, 2.05) is 72.8 Å². The average Bonchev–Trinajstić information content (AvgIpc) is 2.88. The molecule has 4 rings (SSSR count). The molecule has 34 heavy (non-hydrogen) atoms. The van der Waals surface area contributed by atoms with Gasteiger partial charge in [-0.1, -0.05) is 72.8 Å². The van der Waals surface area contributed by atoms with Gasteiger partial charge in [0.1, 0.15) is 19.0 Å². The number of hydrogen-bond acceptors (Lipinski definition) is 5. The van der Waals surface area contributed by atoms with Crippen molar-refractivity contribution in [1.29, 1.82) is 0 Å². The molecule has 0 atom stereocenters. The fourth-order valence-electron chi connectivity index (χ4n) is 3.20. The van der Waals surface area contributed by atoms with E-state index in [2.05, 4.69) is 10.5 Å². The summed E-state index contributed by atoms with van der Waals surface area (Å²) in [6, 6.07) is 31.5. The number of carbonyl (C=O) groups is 1. The minimum absolute atomic E-state index is 0.105. The molecule has 0 fully saturated rings. The van der Waals surface area contributed by atoms with E-state index in [0.717, 1.165) is 11.1 Å². The van der Waals surface area contributed by atoms with Crippen molar-refractivity contribution in [3.63, 3.8) is 0 Å². The number of hydrazone groups is 1. The number of phenolic OH excluding ortho intramolecular Hbond substituents is 1. The fourth-order valence-corrected chi connectivity index (χ4v) is 3.20. The number of amides is 1. The lowest BCUT2D eigenvalue weighted by Gasteiger charge is -2.14. The van der Waals surface area contributed by atoms with Crippen molar-refractivity contribution >= 4 is 12.1 Å². The lowest BCUT2D eigenvalue weighted by Crippen LogP contribution is -2.17. The van der Waals surface area contributed by atoms with Gasteiger partial charge in [-0.15, -0.1) is 0 Å². The van der Waals surface area contributed by atoms with Gasteiger partial charge in [0.2, 0.25) is 0 Å². The lowest BCUT2D eigenvalue weighted by atomic mass is 10.2. The van der Waals surface area contributed by atoms with Gasteiger partial charge in [-0.25, -0.2) is 5.43 Å². The van der Waals surface area contributed by atoms with Gasteiger partial charge in [-0.2, -0.15) is 5.10 Å². The highest BCUT2D eigenvalue weighted by Crippen LogP contribution is 2.29. The minimum Gasteiger partial charge on any atom is -0.507 e. The molecule has 0 aliphatic carbocycles. The first-order valence-electron chi connectivity index (χ1n) is 10.8. The Morgan fingerprint density at radius 3 is 2.00 bits per heavy atom. The molecular formula is C28H24N2O4. The summed E-state index contributed by atoms with van der Waals surface area (Å²) in [6.07, 6.45) is 1.51. The van der Waals surface area contributed by atoms with Gasteiger partial charge in [-0.05, 0) is 47.0 Å². The van der Waals surface area contributed by atoms with Gasteiger partial charge in [-0.3, -0.25) is 4.79 Å². The number of phenols is 1. The number of carbonyl (C=O) groups excluding carboxylic acids is 1. The van der Waals surface area contributed by atoms with E-state index in [0.29, 0.717) is 30.3 Å². The highest BCUT2D eigenvalue weighted by atomic mass is 16.5. The van der Waals surface area contributed by atoms with Gasteiger partial charge >= 0.3 is 0 Å². The van der Waals surface area contributed by atoms with Crippen LogP contribution in [-0.4, -0.2) is 17.2 Å². The summed E-state index contributed by atoms with van der Waals surface area (Å²) in [4.78, 5) is 12.2. The molecule has 0 unspecified atom stereocenters. The van der Waals surface area contributed by atoms with Crippen LogP contribution in [0.15, 0.2) is 108 Å². The molecule has 0 saturated heterocycles. The number of nitrogens with zero attached hydrogens (tertiary/aromatic N) is 1. The maximum Gasteiger partial charge on any atom is 0.275 e. The molecule has 170 valence electrons. The van der Waals surface area contributed by atoms with Crippen LogP contribution in [0.3, 0.4) is 0 Å². The van der Waals surface area contributed by atoms with E-state index in [-0.39, 0.29) is 11.3 Å². The lowest BCUT2D eigenvalue weighted by molar-refractivity contribution is 0.0952. The van der Waals surface area contributed by atoms with Crippen molar-refractivity contribution < 1.29 is 19.4 Å². The quantitative estimate of drug-likeness (QED) is 0.266. The van der Waals surface area contributed by atoms with E-state index in [1.165, 1.54) is 18.3 Å². The first-order valence-corrected chi connectivity index (χ1v) is 10.8. The average molecular weight is 453 g/mol. The van der Waals surface area contributed by atoms with Gasteiger partial charge in [0.15, 0.2) is 11.5 Å². The molecule has 0 bridgehead atoms. The van der Waals surface area contributed by atoms with E-state index in [4.69, 9.17) is 9.47 Å². The number of hydrogen-bond donors (Lipinski definition) is 2. The van der Waals surface area contributed by atoms with Crippen molar-refractivity contribution in [2.75, 3.05) is 0 Å². The van der Waals surface area contributed by atoms with Crippen molar-refractivity contribution in [2.24, 2.45) is 5.10 Å². The highest BCUT2D eigenvalue weighted by Gasteiger charge is 2.10. The second kappa shape index (κ2) is 11.3. The third-order valence-electron chi connectivity index (χ3n) is 4.97. The minimum atomic E-state index is -0.502. The number of aromatic hydroxyl groups is 1. The molecule has 0 aliphatic heterocycles. The number of benzene rings is 4. The standard InChI is InChI=1S/C28H24N2O4/c31-25-14-8-7-13-24(25)28(32)30-29-18-23-15-16-26(33-19-21-9-3-1-4-10-21)27(17-23)34-20-22-11-5-2-6-12-22/h1-18,31H,19-20H2,(H,30,32)/b29-18+. The Kier molecular flexibility index (Phi) is 7.54. The molecule has 2 N–H and O–H groups in total. The summed E-state index contributed by atoms with van der Waals surface area (Å²) in [5.41, 5.74) is 5.37. The fraction of sp³-hybridized carbons (Fsp3) is 0.0714. The van der Waals surface area contributed by atoms with Gasteiger partial charge in [0, 0.05) is 0 Å². The summed E-state index contributed by atoms with van der Waals surface area (Å²) < 4.78 is 12.1. The molecule has 0 aromatic heterocycles. The van der Waals surface area contributed by atoms with Gasteiger partial charge in [0.25, 0.3) is 5.91 Å². The molecule has 0 aliphatic rings. The number of rotatable bonds is 9. The third-order valence-corrected chi connectivity index (χ3v) is 4.97. The smallest absolute Gasteiger partial charge is 0.275 e. The molecule has 0 saturated carbocycles. The van der Waals surface area contributed by atoms with Gasteiger partial charge < -0.3 is 14.6 Å². The largest absolute Gasteiger partial charge is 0.507 e. The van der Waals surface area contributed by atoms with Crippen LogP contribution in [0.1, 0.15) is 27.0 Å². The van der Waals surface area contributed by atoms with Crippen molar-refractivity contribution in [1.82, 2.24) is 5.43 Å². The van der Waals surface area contributed by atoms with Crippen molar-refractivity contribution in [2.45, 2.75) is 13.2 Å². The maximum atomic E-state index is 12.2. The molecule has 6 heteroatoms. The Hall–Kier alpha value is -4.58. The number of para-hydroxylation sites is 1. The van der Waals surface area contributed by atoms with E-state index >= 15 is 0 Å². The Balaban J connectivity index is 1.48. The van der Waals surface area contributed by atoms with Crippen LogP contribution in [0, 0.1) is 0 Å². The van der Waals surface area contributed by atoms with E-state index in [9.17, 15) is 9.90 Å². The third kappa shape index (κ3) is 6.23. The molecule has 0 heterocycles. The summed E-state index contributed by atoms with van der Waals surface area (Å²) >= 11 is 0. The summed E-state index contributed by atoms with van der Waals surface area (Å²) in [5.74, 6) is 0.565. The highest BCUT2D eigenvalue weighted by molar-refractivity contribution is 5.97. The zero-order chi connectivity index (χ0) is 23.6. The summed E-state index contributed by atoms with van der Waals surface area (Å²) in [7, 11) is 0. The monoisotopic (exact) mass is 452 g/mol. The predicted octanol–water partition coefficient (Wildman–Crippen LogP) is 5.31. The van der Waals surface area contributed by atoms with Gasteiger partial charge in [0.05, 0.1) is 11.8 Å². The molecular weight excluding hydrogens is 428 g/mol. The Morgan fingerprint density at radius 1 is 0.765 bits per heavy atom. The Labute approximate surface area is 198 Å². The first-order chi connectivity index (χ1) is 16.7. The number of nitrogens with one attached hydrogen (secondary N) is 1. The van der Waals surface area contributed by atoms with Crippen molar-refractivity contribution in [3.05, 3.63) is 125 Å². The van der Waals surface area contributed by atoms with E-state index in [1.54, 1.807) is 18.2 Å². The van der Waals surface area contributed by atoms with Crippen LogP contribution in [0.2, 0.25) is 0 Å². The molecule has 4 aromatic carbocycles. The van der Waals surface area contributed by atoms with Crippen LogP contribution in [-0.2, 0) is 13.2 Å². The molecule has 4 aromatic rings. The first kappa shape index (κ1) is 22.6. The summed E-state index contributed by atoms with van der Waals surface area (Å²) in [6.45, 7) is 0.791. The SMILES string of the molecule is O=C(N/N=C/c1ccc(OCc2ccccc2)c(OCc2ccccc2)c1)c1ccccc1O. The Morgan fingerprint density at radius 2 is 1.35 bits per heavy atom. The van der Waals surface area contributed by atoms with Crippen LogP contribution < -0.4 is 14.9 Å². The van der Waals surface area contributed by atoms with Crippen LogP contribution in [0.4, 0.5) is 0 Å². The van der Waals surface area contributed by atoms with Crippen LogP contribution in [0.25, 0.3) is 0 Å². The second-order valence-electron chi connectivity index (χ2n) is 7.47. The topological polar surface area (TPSA) is 80.2 Å². The van der Waals surface area contributed by atoms with Crippen LogP contribution in [0.5, 0.6) is 17.2 Å². The molecule has 1 amide bonds. The molecule has 6 nitrogen and oxygen atoms in total. The number of ether oxygens (including phenoxy) is 2.